The summed E-state index contributed by atoms with van der Waals surface area (Å²) in [6.45, 7) is 2.39. The minimum atomic E-state index is 0.0896. The molecule has 0 spiro atoms. The molecule has 1 aliphatic rings. The average Bonchev–Trinajstić information content (AvgIpc) is 2.32. The zero-order valence-electron chi connectivity index (χ0n) is 8.62. The number of ether oxygens (including phenoxy) is 1. The molecule has 1 N–H and O–H groups in total. The molecule has 5 nitrogen and oxygen atoms in total. The first-order valence-electron chi connectivity index (χ1n) is 5.13. The molecule has 1 aromatic heterocycles. The van der Waals surface area contributed by atoms with E-state index in [9.17, 15) is 0 Å². The number of halogens is 2. The normalized spacial score (nSPS) is 20.8. The molecule has 2 rings (SSSR count). The lowest BCUT2D eigenvalue weighted by Gasteiger charge is -2.22. The highest BCUT2D eigenvalue weighted by molar-refractivity contribution is 6.32. The SMILES string of the molecule is Clc1nnc(Cl)c(NCC2CCCOC2)n1. The number of nitrogens with zero attached hydrogens (tertiary/aromatic N) is 3. The standard InChI is InChI=1S/C9H12Cl2N4O/c10-7-8(13-9(11)15-14-7)12-4-6-2-1-3-16-5-6/h6H,1-5H2,(H,12,13,15). The summed E-state index contributed by atoms with van der Waals surface area (Å²) in [5.41, 5.74) is 0. The molecule has 0 amide bonds. The molecule has 0 aliphatic carbocycles. The Labute approximate surface area is 104 Å². The number of rotatable bonds is 3. The van der Waals surface area contributed by atoms with E-state index in [0.717, 1.165) is 32.6 Å². The molecular weight excluding hydrogens is 251 g/mol. The fourth-order valence-electron chi connectivity index (χ4n) is 1.62. The predicted octanol–water partition coefficient (Wildman–Crippen LogP) is 2.02. The van der Waals surface area contributed by atoms with Crippen LogP contribution in [0, 0.1) is 5.92 Å². The monoisotopic (exact) mass is 262 g/mol. The van der Waals surface area contributed by atoms with Crippen LogP contribution in [0.15, 0.2) is 0 Å². The second-order valence-corrected chi connectivity index (χ2v) is 4.38. The highest BCUT2D eigenvalue weighted by Gasteiger charge is 2.14. The molecule has 0 saturated carbocycles. The van der Waals surface area contributed by atoms with Crippen molar-refractivity contribution in [3.05, 3.63) is 10.4 Å². The van der Waals surface area contributed by atoms with E-state index in [-0.39, 0.29) is 10.4 Å². The molecule has 88 valence electrons. The quantitative estimate of drug-likeness (QED) is 0.903. The van der Waals surface area contributed by atoms with Gasteiger partial charge in [0.25, 0.3) is 0 Å². The van der Waals surface area contributed by atoms with E-state index >= 15 is 0 Å². The van der Waals surface area contributed by atoms with E-state index in [0.29, 0.717) is 11.7 Å². The number of hydrogen-bond acceptors (Lipinski definition) is 5. The Balaban J connectivity index is 1.90. The van der Waals surface area contributed by atoms with Crippen LogP contribution in [0.2, 0.25) is 10.4 Å². The van der Waals surface area contributed by atoms with Crippen molar-refractivity contribution in [2.45, 2.75) is 12.8 Å². The van der Waals surface area contributed by atoms with Gasteiger partial charge in [-0.3, -0.25) is 0 Å². The third-order valence-electron chi connectivity index (χ3n) is 2.43. The molecule has 1 aromatic rings. The molecular formula is C9H12Cl2N4O. The Hall–Kier alpha value is -0.650. The summed E-state index contributed by atoms with van der Waals surface area (Å²) in [6, 6.07) is 0. The average molecular weight is 263 g/mol. The minimum Gasteiger partial charge on any atom is -0.381 e. The maximum Gasteiger partial charge on any atom is 0.245 e. The Morgan fingerprint density at radius 1 is 1.38 bits per heavy atom. The van der Waals surface area contributed by atoms with Crippen molar-refractivity contribution in [3.63, 3.8) is 0 Å². The molecule has 1 aliphatic heterocycles. The third-order valence-corrected chi connectivity index (χ3v) is 2.85. The third kappa shape index (κ3) is 3.17. The molecule has 2 heterocycles. The largest absolute Gasteiger partial charge is 0.381 e. The van der Waals surface area contributed by atoms with Gasteiger partial charge in [0, 0.05) is 13.2 Å². The predicted molar refractivity (Wildman–Crippen MR) is 61.9 cm³/mol. The van der Waals surface area contributed by atoms with Gasteiger partial charge in [-0.05, 0) is 30.4 Å². The van der Waals surface area contributed by atoms with Crippen LogP contribution in [0.4, 0.5) is 5.82 Å². The number of hydrogen-bond donors (Lipinski definition) is 1. The second kappa shape index (κ2) is 5.61. The van der Waals surface area contributed by atoms with Crippen LogP contribution in [0.5, 0.6) is 0 Å². The molecule has 1 atom stereocenters. The van der Waals surface area contributed by atoms with Crippen LogP contribution >= 0.6 is 23.2 Å². The number of anilines is 1. The van der Waals surface area contributed by atoms with E-state index in [1.165, 1.54) is 0 Å². The highest BCUT2D eigenvalue weighted by Crippen LogP contribution is 2.19. The van der Waals surface area contributed by atoms with Gasteiger partial charge in [-0.2, -0.15) is 4.98 Å². The van der Waals surface area contributed by atoms with Crippen LogP contribution in [0.25, 0.3) is 0 Å². The van der Waals surface area contributed by atoms with Gasteiger partial charge in [0.2, 0.25) is 5.28 Å². The molecule has 0 bridgehead atoms. The molecule has 1 unspecified atom stereocenters. The van der Waals surface area contributed by atoms with Crippen LogP contribution in [0.3, 0.4) is 0 Å². The summed E-state index contributed by atoms with van der Waals surface area (Å²) in [4.78, 5) is 3.97. The first-order chi connectivity index (χ1) is 7.75. The summed E-state index contributed by atoms with van der Waals surface area (Å²) in [7, 11) is 0. The van der Waals surface area contributed by atoms with Crippen LogP contribution < -0.4 is 5.32 Å². The van der Waals surface area contributed by atoms with Crippen LogP contribution in [-0.4, -0.2) is 34.9 Å². The van der Waals surface area contributed by atoms with Crippen molar-refractivity contribution in [3.8, 4) is 0 Å². The summed E-state index contributed by atoms with van der Waals surface area (Å²) in [5, 5.41) is 10.7. The number of aromatic nitrogens is 3. The van der Waals surface area contributed by atoms with Gasteiger partial charge in [0.1, 0.15) is 0 Å². The maximum absolute atomic E-state index is 5.83. The zero-order chi connectivity index (χ0) is 11.4. The van der Waals surface area contributed by atoms with Crippen molar-refractivity contribution in [1.82, 2.24) is 15.2 Å². The molecule has 1 saturated heterocycles. The Kier molecular flexibility index (Phi) is 4.15. The minimum absolute atomic E-state index is 0.0896. The first-order valence-corrected chi connectivity index (χ1v) is 5.88. The van der Waals surface area contributed by atoms with Crippen LogP contribution in [-0.2, 0) is 4.74 Å². The lowest BCUT2D eigenvalue weighted by atomic mass is 10.0. The van der Waals surface area contributed by atoms with Crippen molar-refractivity contribution < 1.29 is 4.74 Å². The summed E-state index contributed by atoms with van der Waals surface area (Å²) < 4.78 is 5.38. The van der Waals surface area contributed by atoms with Gasteiger partial charge in [-0.15, -0.1) is 10.2 Å². The lowest BCUT2D eigenvalue weighted by molar-refractivity contribution is 0.0595. The molecule has 7 heteroatoms. The van der Waals surface area contributed by atoms with E-state index < -0.39 is 0 Å². The van der Waals surface area contributed by atoms with E-state index in [4.69, 9.17) is 27.9 Å². The molecule has 16 heavy (non-hydrogen) atoms. The van der Waals surface area contributed by atoms with Crippen molar-refractivity contribution in [2.75, 3.05) is 25.1 Å². The van der Waals surface area contributed by atoms with E-state index in [1.807, 2.05) is 0 Å². The van der Waals surface area contributed by atoms with E-state index in [1.54, 1.807) is 0 Å². The van der Waals surface area contributed by atoms with Gasteiger partial charge in [0.15, 0.2) is 11.0 Å². The molecule has 0 aromatic carbocycles. The van der Waals surface area contributed by atoms with Crippen molar-refractivity contribution in [1.29, 1.82) is 0 Å². The first kappa shape index (κ1) is 11.8. The van der Waals surface area contributed by atoms with Crippen LogP contribution in [0.1, 0.15) is 12.8 Å². The zero-order valence-corrected chi connectivity index (χ0v) is 10.1. The van der Waals surface area contributed by atoms with Gasteiger partial charge in [0.05, 0.1) is 6.61 Å². The van der Waals surface area contributed by atoms with Crippen molar-refractivity contribution in [2.24, 2.45) is 5.92 Å². The summed E-state index contributed by atoms with van der Waals surface area (Å²) in [5.74, 6) is 0.964. The summed E-state index contributed by atoms with van der Waals surface area (Å²) >= 11 is 11.5. The molecule has 0 radical (unpaired) electrons. The topological polar surface area (TPSA) is 59.9 Å². The number of nitrogens with one attached hydrogen (secondary N) is 1. The van der Waals surface area contributed by atoms with Crippen molar-refractivity contribution >= 4 is 29.0 Å². The smallest absolute Gasteiger partial charge is 0.245 e. The Morgan fingerprint density at radius 2 is 2.25 bits per heavy atom. The van der Waals surface area contributed by atoms with Gasteiger partial charge < -0.3 is 10.1 Å². The Bertz CT molecular complexity index is 357. The van der Waals surface area contributed by atoms with Gasteiger partial charge in [-0.1, -0.05) is 11.6 Å². The Morgan fingerprint density at radius 3 is 3.00 bits per heavy atom. The maximum atomic E-state index is 5.83. The lowest BCUT2D eigenvalue weighted by Crippen LogP contribution is -2.24. The van der Waals surface area contributed by atoms with Gasteiger partial charge >= 0.3 is 0 Å². The van der Waals surface area contributed by atoms with Gasteiger partial charge in [-0.25, -0.2) is 0 Å². The summed E-state index contributed by atoms with van der Waals surface area (Å²) in [6.07, 6.45) is 2.25. The second-order valence-electron chi connectivity index (χ2n) is 3.68. The van der Waals surface area contributed by atoms with E-state index in [2.05, 4.69) is 20.5 Å². The molecule has 1 fully saturated rings. The fourth-order valence-corrected chi connectivity index (χ4v) is 1.88. The fraction of sp³-hybridized carbons (Fsp3) is 0.667. The highest BCUT2D eigenvalue weighted by atomic mass is 35.5.